The van der Waals surface area contributed by atoms with E-state index in [1.165, 1.54) is 16.7 Å². The van der Waals surface area contributed by atoms with Gasteiger partial charge in [-0.2, -0.15) is 0 Å². The molecule has 3 aliphatic rings. The molecule has 30 heavy (non-hydrogen) atoms. The lowest BCUT2D eigenvalue weighted by Gasteiger charge is -2.34. The quantitative estimate of drug-likeness (QED) is 0.646. The molecule has 0 N–H and O–H groups in total. The van der Waals surface area contributed by atoms with E-state index in [9.17, 15) is 9.59 Å². The van der Waals surface area contributed by atoms with Gasteiger partial charge in [0.1, 0.15) is 6.04 Å². The van der Waals surface area contributed by atoms with Crippen LogP contribution in [0.25, 0.3) is 6.08 Å². The van der Waals surface area contributed by atoms with Gasteiger partial charge in [-0.05, 0) is 49.7 Å². The summed E-state index contributed by atoms with van der Waals surface area (Å²) in [4.78, 5) is 30.0. The van der Waals surface area contributed by atoms with Gasteiger partial charge in [0, 0.05) is 33.7 Å². The molecule has 1 aromatic carbocycles. The van der Waals surface area contributed by atoms with E-state index in [0.717, 1.165) is 38.5 Å². The highest BCUT2D eigenvalue weighted by Gasteiger charge is 2.42. The summed E-state index contributed by atoms with van der Waals surface area (Å²) < 4.78 is 10.8. The summed E-state index contributed by atoms with van der Waals surface area (Å²) in [6, 6.07) is 7.96. The minimum atomic E-state index is -0.419. The molecule has 2 heterocycles. The van der Waals surface area contributed by atoms with Gasteiger partial charge >= 0.3 is 0 Å². The Balaban J connectivity index is 1.36. The van der Waals surface area contributed by atoms with Crippen LogP contribution in [-0.4, -0.2) is 67.3 Å². The molecule has 2 aliphatic heterocycles. The predicted octanol–water partition coefficient (Wildman–Crippen LogP) is 3.01. The zero-order chi connectivity index (χ0) is 21.1. The van der Waals surface area contributed by atoms with Crippen molar-refractivity contribution in [3.8, 4) is 0 Å². The number of rotatable bonds is 7. The Morgan fingerprint density at radius 2 is 1.80 bits per heavy atom. The highest BCUT2D eigenvalue weighted by Crippen LogP contribution is 2.30. The molecular formula is C24H32N2O4. The fourth-order valence-electron chi connectivity index (χ4n) is 5.20. The molecule has 2 atom stereocenters. The first kappa shape index (κ1) is 21.1. The van der Waals surface area contributed by atoms with Crippen molar-refractivity contribution >= 4 is 17.9 Å². The molecule has 162 valence electrons. The minimum Gasteiger partial charge on any atom is -0.354 e. The van der Waals surface area contributed by atoms with Gasteiger partial charge < -0.3 is 19.3 Å². The Morgan fingerprint density at radius 1 is 1.07 bits per heavy atom. The van der Waals surface area contributed by atoms with Crippen molar-refractivity contribution in [2.75, 3.05) is 27.3 Å². The number of benzene rings is 1. The molecule has 6 heteroatoms. The second kappa shape index (κ2) is 9.31. The van der Waals surface area contributed by atoms with Crippen LogP contribution in [0.4, 0.5) is 0 Å². The molecule has 4 rings (SSSR count). The molecule has 0 unspecified atom stereocenters. The first-order chi connectivity index (χ1) is 14.6. The zero-order valence-corrected chi connectivity index (χ0v) is 18.0. The number of ether oxygens (including phenoxy) is 2. The summed E-state index contributed by atoms with van der Waals surface area (Å²) in [5, 5.41) is 0. The third-order valence-corrected chi connectivity index (χ3v) is 6.71. The van der Waals surface area contributed by atoms with Crippen molar-refractivity contribution in [2.45, 2.75) is 63.3 Å². The maximum atomic E-state index is 13.3. The average Bonchev–Trinajstić information content (AvgIpc) is 3.51. The van der Waals surface area contributed by atoms with Gasteiger partial charge in [0.05, 0.1) is 6.04 Å². The Bertz CT molecular complexity index is 817. The number of allylic oxidation sites excluding steroid dienone is 1. The van der Waals surface area contributed by atoms with Crippen LogP contribution in [-0.2, 0) is 25.5 Å². The van der Waals surface area contributed by atoms with E-state index in [-0.39, 0.29) is 23.9 Å². The summed E-state index contributed by atoms with van der Waals surface area (Å²) in [5.74, 6) is 0.142. The number of hydrogen-bond donors (Lipinski definition) is 0. The predicted molar refractivity (Wildman–Crippen MR) is 115 cm³/mol. The van der Waals surface area contributed by atoms with Crippen molar-refractivity contribution in [3.63, 3.8) is 0 Å². The lowest BCUT2D eigenvalue weighted by atomic mass is 10.1. The SMILES string of the molecule is COC(OC)[C@@H]1CCCN1C(=O)[C@@H]1CCCN1C(=O)CCC1=Cc2ccccc2C1. The Labute approximate surface area is 178 Å². The van der Waals surface area contributed by atoms with E-state index in [1.54, 1.807) is 14.2 Å². The molecule has 2 amide bonds. The number of carbonyl (C=O) groups is 2. The van der Waals surface area contributed by atoms with Crippen molar-refractivity contribution in [2.24, 2.45) is 0 Å². The van der Waals surface area contributed by atoms with Crippen molar-refractivity contribution in [1.82, 2.24) is 9.80 Å². The third-order valence-electron chi connectivity index (χ3n) is 6.71. The number of methoxy groups -OCH3 is 2. The fraction of sp³-hybridized carbons (Fsp3) is 0.583. The van der Waals surface area contributed by atoms with Gasteiger partial charge in [0.15, 0.2) is 6.29 Å². The van der Waals surface area contributed by atoms with Crippen LogP contribution < -0.4 is 0 Å². The van der Waals surface area contributed by atoms with E-state index in [2.05, 4.69) is 24.3 Å². The van der Waals surface area contributed by atoms with Gasteiger partial charge in [-0.1, -0.05) is 35.9 Å². The van der Waals surface area contributed by atoms with E-state index >= 15 is 0 Å². The summed E-state index contributed by atoms with van der Waals surface area (Å²) in [6.07, 6.45) is 7.37. The molecule has 1 aromatic rings. The van der Waals surface area contributed by atoms with Crippen LogP contribution in [0, 0.1) is 0 Å². The van der Waals surface area contributed by atoms with E-state index in [4.69, 9.17) is 9.47 Å². The van der Waals surface area contributed by atoms with Gasteiger partial charge in [-0.3, -0.25) is 9.59 Å². The van der Waals surface area contributed by atoms with Crippen LogP contribution in [0.15, 0.2) is 29.8 Å². The van der Waals surface area contributed by atoms with E-state index in [0.29, 0.717) is 19.5 Å². The average molecular weight is 413 g/mol. The number of likely N-dealkylation sites (tertiary alicyclic amines) is 2. The normalized spacial score (nSPS) is 23.2. The van der Waals surface area contributed by atoms with Crippen molar-refractivity contribution in [1.29, 1.82) is 0 Å². The van der Waals surface area contributed by atoms with Crippen molar-refractivity contribution in [3.05, 3.63) is 41.0 Å². The highest BCUT2D eigenvalue weighted by atomic mass is 16.7. The number of hydrogen-bond acceptors (Lipinski definition) is 4. The van der Waals surface area contributed by atoms with Crippen LogP contribution in [0.3, 0.4) is 0 Å². The second-order valence-corrected chi connectivity index (χ2v) is 8.50. The summed E-state index contributed by atoms with van der Waals surface area (Å²) in [6.45, 7) is 1.38. The molecule has 0 aromatic heterocycles. The Hall–Kier alpha value is -2.18. The molecular weight excluding hydrogens is 380 g/mol. The van der Waals surface area contributed by atoms with Crippen molar-refractivity contribution < 1.29 is 19.1 Å². The first-order valence-corrected chi connectivity index (χ1v) is 11.0. The summed E-state index contributed by atoms with van der Waals surface area (Å²) >= 11 is 0. The lowest BCUT2D eigenvalue weighted by Crippen LogP contribution is -2.52. The third kappa shape index (κ3) is 4.16. The first-order valence-electron chi connectivity index (χ1n) is 11.0. The largest absolute Gasteiger partial charge is 0.354 e. The summed E-state index contributed by atoms with van der Waals surface area (Å²) in [5.41, 5.74) is 3.90. The number of fused-ring (bicyclic) bond motifs is 1. The van der Waals surface area contributed by atoms with Crippen LogP contribution in [0.2, 0.25) is 0 Å². The van der Waals surface area contributed by atoms with E-state index in [1.807, 2.05) is 15.9 Å². The van der Waals surface area contributed by atoms with Crippen LogP contribution in [0.5, 0.6) is 0 Å². The fourth-order valence-corrected chi connectivity index (χ4v) is 5.20. The molecule has 1 aliphatic carbocycles. The van der Waals surface area contributed by atoms with Crippen LogP contribution >= 0.6 is 0 Å². The van der Waals surface area contributed by atoms with Crippen LogP contribution in [0.1, 0.15) is 49.7 Å². The second-order valence-electron chi connectivity index (χ2n) is 8.50. The highest BCUT2D eigenvalue weighted by molar-refractivity contribution is 5.89. The molecule has 6 nitrogen and oxygen atoms in total. The smallest absolute Gasteiger partial charge is 0.245 e. The van der Waals surface area contributed by atoms with Gasteiger partial charge in [-0.15, -0.1) is 0 Å². The van der Waals surface area contributed by atoms with Gasteiger partial charge in [0.2, 0.25) is 11.8 Å². The number of nitrogens with zero attached hydrogens (tertiary/aromatic N) is 2. The molecule has 0 radical (unpaired) electrons. The minimum absolute atomic E-state index is 0.0509. The number of amides is 2. The molecule has 2 saturated heterocycles. The molecule has 0 saturated carbocycles. The molecule has 0 bridgehead atoms. The lowest BCUT2D eigenvalue weighted by molar-refractivity contribution is -0.161. The molecule has 2 fully saturated rings. The monoisotopic (exact) mass is 412 g/mol. The Morgan fingerprint density at radius 3 is 2.57 bits per heavy atom. The topological polar surface area (TPSA) is 59.1 Å². The Kier molecular flexibility index (Phi) is 6.54. The standard InChI is InChI=1S/C24H32N2O4/c1-29-24(30-2)21-10-6-14-26(21)23(28)20-9-5-13-25(20)22(27)12-11-17-15-18-7-3-4-8-19(18)16-17/h3-4,7-8,15,20-21,24H,5-6,9-14,16H2,1-2H3/t20-,21-/m0/s1. The van der Waals surface area contributed by atoms with Gasteiger partial charge in [-0.25, -0.2) is 0 Å². The summed E-state index contributed by atoms with van der Waals surface area (Å²) in [7, 11) is 3.22. The van der Waals surface area contributed by atoms with E-state index < -0.39 is 6.29 Å². The maximum absolute atomic E-state index is 13.3. The zero-order valence-electron chi connectivity index (χ0n) is 18.0. The number of carbonyl (C=O) groups excluding carboxylic acids is 2. The maximum Gasteiger partial charge on any atom is 0.245 e. The van der Waals surface area contributed by atoms with Gasteiger partial charge in [0.25, 0.3) is 0 Å². The molecule has 0 spiro atoms.